The lowest BCUT2D eigenvalue weighted by Gasteiger charge is -2.14. The van der Waals surface area contributed by atoms with E-state index in [1.807, 2.05) is 128 Å². The van der Waals surface area contributed by atoms with Crippen molar-refractivity contribution in [2.75, 3.05) is 0 Å². The fraction of sp³-hybridized carbons (Fsp3) is 0.118. The minimum atomic E-state index is -0.288. The van der Waals surface area contributed by atoms with Crippen molar-refractivity contribution in [1.29, 1.82) is 0 Å². The van der Waals surface area contributed by atoms with Gasteiger partial charge in [0.15, 0.2) is 11.6 Å². The van der Waals surface area contributed by atoms with Crippen molar-refractivity contribution in [2.24, 2.45) is 0 Å². The van der Waals surface area contributed by atoms with E-state index in [9.17, 15) is 19.2 Å². The third-order valence-electron chi connectivity index (χ3n) is 10.9. The molecule has 0 aliphatic rings. The summed E-state index contributed by atoms with van der Waals surface area (Å²) in [4.78, 5) is 66.2. The van der Waals surface area contributed by atoms with Crippen molar-refractivity contribution in [3.8, 4) is 11.6 Å². The fourth-order valence-corrected chi connectivity index (χ4v) is 7.66. The van der Waals surface area contributed by atoms with Gasteiger partial charge in [-0.15, -0.1) is 0 Å². The molecule has 0 saturated heterocycles. The van der Waals surface area contributed by atoms with E-state index in [0.29, 0.717) is 46.6 Å². The quantitative estimate of drug-likeness (QED) is 0.104. The molecule has 0 N–H and O–H groups in total. The second kappa shape index (κ2) is 17.7. The van der Waals surface area contributed by atoms with Crippen LogP contribution in [-0.2, 0) is 13.1 Å². The Kier molecular flexibility index (Phi) is 11.8. The van der Waals surface area contributed by atoms with Gasteiger partial charge in [-0.25, -0.2) is 15.0 Å². The zero-order chi connectivity index (χ0) is 43.5. The molecule has 0 aliphatic carbocycles. The number of carbonyl (C=O) groups is 2. The zero-order valence-corrected chi connectivity index (χ0v) is 36.0. The maximum Gasteiger partial charge on any atom is 0.244 e. The lowest BCUT2D eigenvalue weighted by atomic mass is 9.99. The van der Waals surface area contributed by atoms with E-state index in [2.05, 4.69) is 30.9 Å². The van der Waals surface area contributed by atoms with Gasteiger partial charge in [-0.3, -0.25) is 19.2 Å². The van der Waals surface area contributed by atoms with Gasteiger partial charge in [-0.1, -0.05) is 60.7 Å². The van der Waals surface area contributed by atoms with Crippen LogP contribution in [0.3, 0.4) is 0 Å². The van der Waals surface area contributed by atoms with Crippen molar-refractivity contribution >= 4 is 49.3 Å². The predicted molar refractivity (Wildman–Crippen MR) is 245 cm³/mol. The first kappa shape index (κ1) is 41.4. The Morgan fingerprint density at radius 2 is 1.08 bits per heavy atom. The molecule has 11 heteroatoms. The van der Waals surface area contributed by atoms with Crippen molar-refractivity contribution in [2.45, 2.75) is 40.8 Å². The molecule has 0 unspecified atom stereocenters. The van der Waals surface area contributed by atoms with Crippen LogP contribution in [0.1, 0.15) is 65.5 Å². The highest BCUT2D eigenvalue weighted by atomic mass is 79.9. The highest BCUT2D eigenvalue weighted by molar-refractivity contribution is 9.10. The van der Waals surface area contributed by atoms with Crippen LogP contribution >= 0.6 is 15.9 Å². The summed E-state index contributed by atoms with van der Waals surface area (Å²) < 4.78 is 9.92. The number of halogens is 1. The summed E-state index contributed by atoms with van der Waals surface area (Å²) in [6, 6.07) is 37.0. The lowest BCUT2D eigenvalue weighted by molar-refractivity contribution is 0.102. The molecule has 0 saturated carbocycles. The molecule has 306 valence electrons. The maximum atomic E-state index is 13.3. The average molecular weight is 883 g/mol. The van der Waals surface area contributed by atoms with Crippen molar-refractivity contribution in [3.05, 3.63) is 227 Å². The molecular formula is C51H40BrN5O5. The number of hydrogen-bond acceptors (Lipinski definition) is 8. The summed E-state index contributed by atoms with van der Waals surface area (Å²) in [5, 5.41) is 1.02. The Labute approximate surface area is 365 Å². The number of hydrogen-bond donors (Lipinski definition) is 0. The number of nitrogens with zero attached hydrogens (tertiary/aromatic N) is 5. The molecule has 4 aromatic carbocycles. The monoisotopic (exact) mass is 881 g/mol. The molecule has 0 aliphatic heterocycles. The van der Waals surface area contributed by atoms with E-state index in [-0.39, 0.29) is 33.6 Å². The van der Waals surface area contributed by atoms with Gasteiger partial charge >= 0.3 is 0 Å². The molecule has 10 nitrogen and oxygen atoms in total. The number of ketones is 2. The van der Waals surface area contributed by atoms with Crippen molar-refractivity contribution < 1.29 is 14.0 Å². The first-order chi connectivity index (χ1) is 29.9. The summed E-state index contributed by atoms with van der Waals surface area (Å²) in [6.07, 6.45) is 6.37. The topological polar surface area (TPSA) is 130 Å². The smallest absolute Gasteiger partial charge is 0.244 e. The van der Waals surface area contributed by atoms with Gasteiger partial charge in [0.05, 0.1) is 52.8 Å². The van der Waals surface area contributed by atoms with Gasteiger partial charge in [-0.2, -0.15) is 0 Å². The molecule has 0 amide bonds. The van der Waals surface area contributed by atoms with Gasteiger partial charge in [0, 0.05) is 34.3 Å². The highest BCUT2D eigenvalue weighted by Gasteiger charge is 2.20. The van der Waals surface area contributed by atoms with Gasteiger partial charge in [0.25, 0.3) is 0 Å². The number of aryl methyl sites for hydroxylation is 4. The minimum Gasteiger partial charge on any atom is -0.443 e. The number of carbonyl (C=O) groups excluding carboxylic acids is 2. The highest BCUT2D eigenvalue weighted by Crippen LogP contribution is 2.21. The SMILES string of the molecule is Cc1ccc(C(=O)c2cn(Cc3cccc(-c4ncco4)n3)c3ccccc3c2=O)cc1C.Cc1ccc(C(=O)c2cn(Cc3cccc(Br)n3)c3ccccc3c2=O)cc1C. The number of para-hydroxylation sites is 2. The van der Waals surface area contributed by atoms with E-state index < -0.39 is 0 Å². The van der Waals surface area contributed by atoms with Gasteiger partial charge in [-0.05, 0) is 127 Å². The number of benzene rings is 4. The van der Waals surface area contributed by atoms with Crippen molar-refractivity contribution in [3.63, 3.8) is 0 Å². The normalized spacial score (nSPS) is 11.0. The molecule has 0 fully saturated rings. The Morgan fingerprint density at radius 3 is 1.56 bits per heavy atom. The Morgan fingerprint density at radius 1 is 0.581 bits per heavy atom. The number of pyridine rings is 4. The Hall–Kier alpha value is -7.37. The molecule has 0 spiro atoms. The number of aromatic nitrogens is 5. The number of oxazole rings is 1. The molecule has 5 heterocycles. The van der Waals surface area contributed by atoms with Crippen LogP contribution in [0.5, 0.6) is 0 Å². The van der Waals surface area contributed by atoms with E-state index in [0.717, 1.165) is 49.3 Å². The van der Waals surface area contributed by atoms with E-state index in [1.54, 1.807) is 48.9 Å². The van der Waals surface area contributed by atoms with E-state index in [4.69, 9.17) is 4.42 Å². The fourth-order valence-electron chi connectivity index (χ4n) is 7.28. The molecule has 0 bridgehead atoms. The average Bonchev–Trinajstić information content (AvgIpc) is 3.83. The summed E-state index contributed by atoms with van der Waals surface area (Å²) in [5.74, 6) is -0.115. The van der Waals surface area contributed by atoms with Crippen LogP contribution in [0.4, 0.5) is 0 Å². The summed E-state index contributed by atoms with van der Waals surface area (Å²) in [5.41, 5.74) is 8.77. The predicted octanol–water partition coefficient (Wildman–Crippen LogP) is 10.0. The second-order valence-electron chi connectivity index (χ2n) is 15.1. The van der Waals surface area contributed by atoms with Gasteiger partial charge < -0.3 is 13.6 Å². The molecule has 9 rings (SSSR count). The van der Waals surface area contributed by atoms with Gasteiger partial charge in [0.2, 0.25) is 16.7 Å². The van der Waals surface area contributed by atoms with Crippen LogP contribution in [-0.4, -0.2) is 35.7 Å². The largest absolute Gasteiger partial charge is 0.443 e. The van der Waals surface area contributed by atoms with Crippen LogP contribution in [0.25, 0.3) is 33.4 Å². The molecule has 0 radical (unpaired) electrons. The Bertz CT molecular complexity index is 3300. The lowest BCUT2D eigenvalue weighted by Crippen LogP contribution is -2.20. The van der Waals surface area contributed by atoms with Crippen LogP contribution in [0.2, 0.25) is 0 Å². The van der Waals surface area contributed by atoms with E-state index in [1.165, 1.54) is 6.26 Å². The molecule has 5 aromatic heterocycles. The summed E-state index contributed by atoms with van der Waals surface area (Å²) >= 11 is 3.39. The molecule has 62 heavy (non-hydrogen) atoms. The summed E-state index contributed by atoms with van der Waals surface area (Å²) in [7, 11) is 0. The zero-order valence-electron chi connectivity index (χ0n) is 34.4. The summed E-state index contributed by atoms with van der Waals surface area (Å²) in [6.45, 7) is 8.74. The van der Waals surface area contributed by atoms with Gasteiger partial charge in [0.1, 0.15) is 16.6 Å². The standard InChI is InChI=1S/C27H21N3O3.C24H19BrN2O2/c1-17-10-11-19(14-18(17)2)25(31)22-16-30(24-9-4-3-7-21(24)26(22)32)15-20-6-5-8-23(29-20)27-28-12-13-33-27;1-15-10-11-17(12-16(15)2)23(28)20-14-27(13-18-6-5-9-22(25)26-18)21-8-4-3-7-19(21)24(20)29/h3-14,16H,15H2,1-2H3;3-12,14H,13H2,1-2H3. The van der Waals surface area contributed by atoms with Crippen LogP contribution < -0.4 is 10.9 Å². The van der Waals surface area contributed by atoms with Crippen LogP contribution in [0, 0.1) is 27.7 Å². The third kappa shape index (κ3) is 8.61. The first-order valence-electron chi connectivity index (χ1n) is 19.9. The first-order valence-corrected chi connectivity index (χ1v) is 20.7. The second-order valence-corrected chi connectivity index (χ2v) is 15.9. The molecule has 0 atom stereocenters. The number of rotatable bonds is 9. The maximum absolute atomic E-state index is 13.3. The minimum absolute atomic E-state index is 0.140. The molecule has 9 aromatic rings. The Balaban J connectivity index is 0.000000172. The van der Waals surface area contributed by atoms with E-state index >= 15 is 0 Å². The third-order valence-corrected chi connectivity index (χ3v) is 11.3. The molecular weight excluding hydrogens is 842 g/mol. The number of fused-ring (bicyclic) bond motifs is 2. The van der Waals surface area contributed by atoms with Crippen molar-refractivity contribution in [1.82, 2.24) is 24.1 Å². The van der Waals surface area contributed by atoms with Crippen LogP contribution in [0.15, 0.2) is 165 Å².